The molecule has 1 aromatic rings. The third-order valence-electron chi connectivity index (χ3n) is 4.99. The van der Waals surface area contributed by atoms with Gasteiger partial charge in [0.15, 0.2) is 0 Å². The van der Waals surface area contributed by atoms with Crippen LogP contribution in [0.5, 0.6) is 0 Å². The minimum absolute atomic E-state index is 0.0444. The van der Waals surface area contributed by atoms with E-state index in [1.807, 2.05) is 12.3 Å². The molecule has 1 N–H and O–H groups in total. The van der Waals surface area contributed by atoms with E-state index in [1.54, 1.807) is 7.11 Å². The van der Waals surface area contributed by atoms with Crippen molar-refractivity contribution in [1.29, 1.82) is 0 Å². The van der Waals surface area contributed by atoms with Crippen molar-refractivity contribution in [3.05, 3.63) is 58.5 Å². The number of allylic oxidation sites excluding steroid dienone is 3. The van der Waals surface area contributed by atoms with Crippen LogP contribution < -0.4 is 5.32 Å². The molecular weight excluding hydrogens is 288 g/mol. The number of rotatable bonds is 2. The number of carbonyl (C=O) groups excluding carboxylic acids is 1. The van der Waals surface area contributed by atoms with Gasteiger partial charge in [0.05, 0.1) is 12.8 Å². The van der Waals surface area contributed by atoms with Crippen LogP contribution >= 0.6 is 0 Å². The van der Waals surface area contributed by atoms with Crippen LogP contribution in [0, 0.1) is 5.92 Å². The predicted octanol–water partition coefficient (Wildman–Crippen LogP) is 2.96. The number of fused-ring (bicyclic) bond motifs is 2. The van der Waals surface area contributed by atoms with E-state index in [1.165, 1.54) is 5.56 Å². The number of benzene rings is 1. The average Bonchev–Trinajstić information content (AvgIpc) is 2.61. The molecule has 1 aliphatic carbocycles. The van der Waals surface area contributed by atoms with Crippen LogP contribution in [-0.2, 0) is 11.2 Å². The van der Waals surface area contributed by atoms with E-state index in [0.29, 0.717) is 5.92 Å². The number of amides is 1. The van der Waals surface area contributed by atoms with E-state index < -0.39 is 0 Å². The molecule has 2 heterocycles. The van der Waals surface area contributed by atoms with Crippen LogP contribution in [0.3, 0.4) is 0 Å². The van der Waals surface area contributed by atoms with Gasteiger partial charge in [-0.25, -0.2) is 0 Å². The highest BCUT2D eigenvalue weighted by Crippen LogP contribution is 2.42. The molecule has 0 radical (unpaired) electrons. The van der Waals surface area contributed by atoms with E-state index in [9.17, 15) is 4.79 Å². The molecule has 23 heavy (non-hydrogen) atoms. The van der Waals surface area contributed by atoms with Crippen molar-refractivity contribution in [3.63, 3.8) is 0 Å². The fraction of sp³-hybridized carbons (Fsp3) is 0.368. The summed E-state index contributed by atoms with van der Waals surface area (Å²) in [5.74, 6) is 1.48. The van der Waals surface area contributed by atoms with Gasteiger partial charge in [-0.05, 0) is 42.5 Å². The van der Waals surface area contributed by atoms with Crippen LogP contribution in [-0.4, -0.2) is 25.8 Å². The molecule has 1 aromatic carbocycles. The topological polar surface area (TPSA) is 50.7 Å². The SMILES string of the molecule is COC1=C2N=CCCC2C(c2ccc3c(c2)C(=O)NCC3)C=C1. The Bertz CT molecular complexity index is 746. The summed E-state index contributed by atoms with van der Waals surface area (Å²) in [5, 5.41) is 2.93. The standard InChI is InChI=1S/C19H20N2O2/c1-23-17-7-6-14(15-3-2-9-20-18(15)17)13-5-4-12-8-10-21-19(22)16(12)11-13/h4-7,9,11,14-15H,2-3,8,10H2,1H3,(H,21,22). The van der Waals surface area contributed by atoms with E-state index in [4.69, 9.17) is 4.74 Å². The molecule has 0 bridgehead atoms. The van der Waals surface area contributed by atoms with Crippen LogP contribution in [0.1, 0.15) is 40.2 Å². The first kappa shape index (κ1) is 14.2. The normalized spacial score (nSPS) is 25.7. The molecule has 0 aromatic heterocycles. The van der Waals surface area contributed by atoms with Gasteiger partial charge < -0.3 is 10.1 Å². The van der Waals surface area contributed by atoms with Crippen molar-refractivity contribution in [2.75, 3.05) is 13.7 Å². The van der Waals surface area contributed by atoms with E-state index in [-0.39, 0.29) is 11.8 Å². The average molecular weight is 308 g/mol. The van der Waals surface area contributed by atoms with E-state index >= 15 is 0 Å². The summed E-state index contributed by atoms with van der Waals surface area (Å²) >= 11 is 0. The molecule has 1 amide bonds. The lowest BCUT2D eigenvalue weighted by Crippen LogP contribution is -2.32. The van der Waals surface area contributed by atoms with Gasteiger partial charge in [-0.3, -0.25) is 9.79 Å². The molecular formula is C19H20N2O2. The summed E-state index contributed by atoms with van der Waals surface area (Å²) in [6.07, 6.45) is 9.13. The number of hydrogen-bond donors (Lipinski definition) is 1. The lowest BCUT2D eigenvalue weighted by atomic mass is 9.76. The Morgan fingerprint density at radius 3 is 3.13 bits per heavy atom. The first-order chi connectivity index (χ1) is 11.3. The molecule has 118 valence electrons. The van der Waals surface area contributed by atoms with Crippen LogP contribution in [0.2, 0.25) is 0 Å². The zero-order valence-corrected chi connectivity index (χ0v) is 13.2. The van der Waals surface area contributed by atoms with Gasteiger partial charge in [0.2, 0.25) is 0 Å². The summed E-state index contributed by atoms with van der Waals surface area (Å²) in [4.78, 5) is 16.7. The Labute approximate surface area is 135 Å². The Morgan fingerprint density at radius 2 is 2.26 bits per heavy atom. The minimum atomic E-state index is 0.0444. The Hall–Kier alpha value is -2.36. The second kappa shape index (κ2) is 5.69. The van der Waals surface area contributed by atoms with Gasteiger partial charge in [-0.15, -0.1) is 0 Å². The van der Waals surface area contributed by atoms with Gasteiger partial charge >= 0.3 is 0 Å². The molecule has 0 saturated carbocycles. The lowest BCUT2D eigenvalue weighted by Gasteiger charge is -2.32. The highest BCUT2D eigenvalue weighted by atomic mass is 16.5. The smallest absolute Gasteiger partial charge is 0.251 e. The van der Waals surface area contributed by atoms with Crippen molar-refractivity contribution in [1.82, 2.24) is 5.32 Å². The largest absolute Gasteiger partial charge is 0.495 e. The third kappa shape index (κ3) is 2.38. The maximum Gasteiger partial charge on any atom is 0.251 e. The van der Waals surface area contributed by atoms with Gasteiger partial charge in [-0.1, -0.05) is 18.2 Å². The quantitative estimate of drug-likeness (QED) is 0.913. The number of nitrogens with one attached hydrogen (secondary N) is 1. The number of carbonyl (C=O) groups is 1. The van der Waals surface area contributed by atoms with Crippen molar-refractivity contribution in [2.24, 2.45) is 10.9 Å². The molecule has 2 aliphatic heterocycles. The molecule has 4 rings (SSSR count). The summed E-state index contributed by atoms with van der Waals surface area (Å²) in [7, 11) is 1.69. The zero-order chi connectivity index (χ0) is 15.8. The number of hydrogen-bond acceptors (Lipinski definition) is 3. The fourth-order valence-corrected chi connectivity index (χ4v) is 3.81. The molecule has 4 heteroatoms. The number of nitrogens with zero attached hydrogens (tertiary/aromatic N) is 1. The zero-order valence-electron chi connectivity index (χ0n) is 13.2. The first-order valence-electron chi connectivity index (χ1n) is 8.18. The number of ether oxygens (including phenoxy) is 1. The molecule has 0 saturated heterocycles. The number of aliphatic imine (C=N–C) groups is 1. The van der Waals surface area contributed by atoms with E-state index in [0.717, 1.165) is 48.4 Å². The second-order valence-corrected chi connectivity index (χ2v) is 6.26. The highest BCUT2D eigenvalue weighted by molar-refractivity contribution is 5.96. The van der Waals surface area contributed by atoms with Crippen LogP contribution in [0.25, 0.3) is 0 Å². The second-order valence-electron chi connectivity index (χ2n) is 6.26. The van der Waals surface area contributed by atoms with Crippen molar-refractivity contribution in [2.45, 2.75) is 25.2 Å². The van der Waals surface area contributed by atoms with Gasteiger partial charge in [0.25, 0.3) is 5.91 Å². The molecule has 4 nitrogen and oxygen atoms in total. The van der Waals surface area contributed by atoms with Gasteiger partial charge in [-0.2, -0.15) is 0 Å². The van der Waals surface area contributed by atoms with Crippen LogP contribution in [0.4, 0.5) is 0 Å². The van der Waals surface area contributed by atoms with Gasteiger partial charge in [0.1, 0.15) is 5.76 Å². The van der Waals surface area contributed by atoms with Crippen LogP contribution in [0.15, 0.2) is 46.8 Å². The molecule has 3 aliphatic rings. The Kier molecular flexibility index (Phi) is 3.52. The first-order valence-corrected chi connectivity index (χ1v) is 8.18. The Balaban J connectivity index is 1.73. The monoisotopic (exact) mass is 308 g/mol. The summed E-state index contributed by atoms with van der Waals surface area (Å²) in [6, 6.07) is 6.34. The van der Waals surface area contributed by atoms with E-state index in [2.05, 4.69) is 34.6 Å². The fourth-order valence-electron chi connectivity index (χ4n) is 3.81. The molecule has 0 fully saturated rings. The number of methoxy groups -OCH3 is 1. The predicted molar refractivity (Wildman–Crippen MR) is 89.6 cm³/mol. The molecule has 2 unspecified atom stereocenters. The molecule has 2 atom stereocenters. The lowest BCUT2D eigenvalue weighted by molar-refractivity contribution is 0.0946. The summed E-state index contributed by atoms with van der Waals surface area (Å²) in [5.41, 5.74) is 4.19. The maximum absolute atomic E-state index is 12.1. The van der Waals surface area contributed by atoms with Crippen molar-refractivity contribution in [3.8, 4) is 0 Å². The summed E-state index contributed by atoms with van der Waals surface area (Å²) in [6.45, 7) is 0.732. The van der Waals surface area contributed by atoms with Crippen molar-refractivity contribution >= 4 is 12.1 Å². The minimum Gasteiger partial charge on any atom is -0.495 e. The van der Waals surface area contributed by atoms with Gasteiger partial charge in [0, 0.05) is 30.2 Å². The maximum atomic E-state index is 12.1. The molecule has 0 spiro atoms. The highest BCUT2D eigenvalue weighted by Gasteiger charge is 2.32. The summed E-state index contributed by atoms with van der Waals surface area (Å²) < 4.78 is 5.47. The third-order valence-corrected chi connectivity index (χ3v) is 4.99. The Morgan fingerprint density at radius 1 is 1.35 bits per heavy atom. The van der Waals surface area contributed by atoms with Crippen molar-refractivity contribution < 1.29 is 9.53 Å².